The Hall–Kier alpha value is -3.22. The van der Waals surface area contributed by atoms with E-state index in [1.54, 1.807) is 6.92 Å². The lowest BCUT2D eigenvalue weighted by atomic mass is 10.1. The number of hydrogen-bond acceptors (Lipinski definition) is 5. The van der Waals surface area contributed by atoms with Gasteiger partial charge in [-0.05, 0) is 31.5 Å². The second-order valence-corrected chi connectivity index (χ2v) is 5.14. The monoisotopic (exact) mass is 327 g/mol. The van der Waals surface area contributed by atoms with Crippen LogP contribution in [0.15, 0.2) is 53.6 Å². The van der Waals surface area contributed by atoms with Gasteiger partial charge in [-0.2, -0.15) is 5.10 Å². The lowest BCUT2D eigenvalue weighted by Crippen LogP contribution is -2.25. The normalized spacial score (nSPS) is 11.0. The molecule has 0 aliphatic heterocycles. The molecule has 2 rings (SSSR count). The maximum atomic E-state index is 11.7. The Kier molecular flexibility index (Phi) is 5.62. The van der Waals surface area contributed by atoms with Gasteiger partial charge in [0.15, 0.2) is 6.61 Å². The zero-order valence-electron chi connectivity index (χ0n) is 13.4. The predicted octanol–water partition coefficient (Wildman–Crippen LogP) is 2.82. The molecule has 7 nitrogen and oxygen atoms in total. The van der Waals surface area contributed by atoms with Crippen molar-refractivity contribution in [2.24, 2.45) is 5.10 Å². The highest BCUT2D eigenvalue weighted by Crippen LogP contribution is 2.17. The first-order chi connectivity index (χ1) is 11.5. The fraction of sp³-hybridized carbons (Fsp3) is 0.176. The minimum Gasteiger partial charge on any atom is -0.484 e. The van der Waals surface area contributed by atoms with E-state index in [0.29, 0.717) is 11.5 Å². The average molecular weight is 327 g/mol. The van der Waals surface area contributed by atoms with Crippen molar-refractivity contribution < 1.29 is 14.5 Å². The van der Waals surface area contributed by atoms with E-state index in [-0.39, 0.29) is 12.3 Å². The predicted molar refractivity (Wildman–Crippen MR) is 90.1 cm³/mol. The quantitative estimate of drug-likeness (QED) is 0.501. The molecule has 7 heteroatoms. The van der Waals surface area contributed by atoms with E-state index in [4.69, 9.17) is 4.74 Å². The molecule has 0 unspecified atom stereocenters. The first-order valence-electron chi connectivity index (χ1n) is 7.23. The Morgan fingerprint density at radius 1 is 1.17 bits per heavy atom. The van der Waals surface area contributed by atoms with Crippen LogP contribution in [0.2, 0.25) is 0 Å². The number of rotatable bonds is 6. The molecule has 1 amide bonds. The van der Waals surface area contributed by atoms with Crippen LogP contribution in [0.5, 0.6) is 5.75 Å². The molecule has 0 saturated heterocycles. The number of carbonyl (C=O) groups is 1. The van der Waals surface area contributed by atoms with Crippen LogP contribution in [-0.2, 0) is 4.79 Å². The highest BCUT2D eigenvalue weighted by atomic mass is 16.6. The number of nitrogens with one attached hydrogen (secondary N) is 1. The fourth-order valence-corrected chi connectivity index (χ4v) is 1.85. The number of nitrogens with zero attached hydrogens (tertiary/aromatic N) is 2. The van der Waals surface area contributed by atoms with Crippen LogP contribution in [0, 0.1) is 17.0 Å². The largest absolute Gasteiger partial charge is 0.484 e. The molecule has 1 N–H and O–H groups in total. The van der Waals surface area contributed by atoms with Crippen LogP contribution >= 0.6 is 0 Å². The number of aryl methyl sites for hydroxylation is 1. The summed E-state index contributed by atoms with van der Waals surface area (Å²) in [4.78, 5) is 21.8. The Labute approximate surface area is 139 Å². The summed E-state index contributed by atoms with van der Waals surface area (Å²) < 4.78 is 5.25. The van der Waals surface area contributed by atoms with Gasteiger partial charge in [0.2, 0.25) is 0 Å². The third kappa shape index (κ3) is 4.91. The second kappa shape index (κ2) is 7.87. The first kappa shape index (κ1) is 17.1. The lowest BCUT2D eigenvalue weighted by molar-refractivity contribution is -0.384. The highest BCUT2D eigenvalue weighted by Gasteiger charge is 2.06. The van der Waals surface area contributed by atoms with E-state index < -0.39 is 10.8 Å². The number of nitro groups is 1. The molecule has 0 aliphatic carbocycles. The van der Waals surface area contributed by atoms with Gasteiger partial charge in [0.05, 0.1) is 10.6 Å². The van der Waals surface area contributed by atoms with Gasteiger partial charge < -0.3 is 4.74 Å². The van der Waals surface area contributed by atoms with Gasteiger partial charge in [-0.15, -0.1) is 0 Å². The number of nitro benzene ring substituents is 1. The summed E-state index contributed by atoms with van der Waals surface area (Å²) in [6, 6.07) is 13.3. The molecule has 0 aromatic heterocycles. The van der Waals surface area contributed by atoms with E-state index in [1.165, 1.54) is 24.3 Å². The molecule has 24 heavy (non-hydrogen) atoms. The Morgan fingerprint density at radius 3 is 2.38 bits per heavy atom. The second-order valence-electron chi connectivity index (χ2n) is 5.14. The molecule has 0 radical (unpaired) electrons. The van der Waals surface area contributed by atoms with Gasteiger partial charge in [-0.1, -0.05) is 29.8 Å². The summed E-state index contributed by atoms with van der Waals surface area (Å²) in [6.07, 6.45) is 0. The fourth-order valence-electron chi connectivity index (χ4n) is 1.85. The molecule has 0 aliphatic rings. The number of carbonyl (C=O) groups excluding carboxylic acids is 1. The van der Waals surface area contributed by atoms with Gasteiger partial charge in [-0.3, -0.25) is 14.9 Å². The topological polar surface area (TPSA) is 93.8 Å². The molecular weight excluding hydrogens is 310 g/mol. The molecule has 2 aromatic carbocycles. The van der Waals surface area contributed by atoms with Crippen molar-refractivity contribution in [1.29, 1.82) is 0 Å². The van der Waals surface area contributed by atoms with Crippen LogP contribution in [0.25, 0.3) is 0 Å². The summed E-state index contributed by atoms with van der Waals surface area (Å²) in [7, 11) is 0. The number of benzene rings is 2. The first-order valence-corrected chi connectivity index (χ1v) is 7.23. The number of amides is 1. The standard InChI is InChI=1S/C17H17N3O4/c1-12-3-5-14(6-4-12)13(2)18-19-17(21)11-24-16-9-7-15(8-10-16)20(22)23/h3-10H,11H2,1-2H3,(H,19,21). The van der Waals surface area contributed by atoms with Gasteiger partial charge in [0, 0.05) is 12.1 Å². The number of ether oxygens (including phenoxy) is 1. The SMILES string of the molecule is CC(=NNC(=O)COc1ccc([N+](=O)[O-])cc1)c1ccc(C)cc1. The van der Waals surface area contributed by atoms with Crippen molar-refractivity contribution in [2.45, 2.75) is 13.8 Å². The molecule has 0 atom stereocenters. The number of non-ortho nitro benzene ring substituents is 1. The maximum absolute atomic E-state index is 11.7. The van der Waals surface area contributed by atoms with E-state index in [2.05, 4.69) is 10.5 Å². The third-order valence-corrected chi connectivity index (χ3v) is 3.24. The summed E-state index contributed by atoms with van der Waals surface area (Å²) in [5.74, 6) is -0.0465. The van der Waals surface area contributed by atoms with Crippen molar-refractivity contribution in [2.75, 3.05) is 6.61 Å². The molecule has 0 bridgehead atoms. The van der Waals surface area contributed by atoms with Crippen molar-refractivity contribution >= 4 is 17.3 Å². The maximum Gasteiger partial charge on any atom is 0.277 e. The van der Waals surface area contributed by atoms with Gasteiger partial charge in [0.25, 0.3) is 11.6 Å². The van der Waals surface area contributed by atoms with E-state index in [1.807, 2.05) is 31.2 Å². The minimum absolute atomic E-state index is 0.0369. The number of hydrogen-bond donors (Lipinski definition) is 1. The zero-order valence-corrected chi connectivity index (χ0v) is 13.4. The van der Waals surface area contributed by atoms with Crippen molar-refractivity contribution in [3.8, 4) is 5.75 Å². The summed E-state index contributed by atoms with van der Waals surface area (Å²) in [5.41, 5.74) is 5.11. The Balaban J connectivity index is 1.85. The van der Waals surface area contributed by atoms with E-state index in [9.17, 15) is 14.9 Å². The van der Waals surface area contributed by atoms with Gasteiger partial charge in [-0.25, -0.2) is 5.43 Å². The van der Waals surface area contributed by atoms with E-state index in [0.717, 1.165) is 11.1 Å². The third-order valence-electron chi connectivity index (χ3n) is 3.24. The molecule has 0 fully saturated rings. The smallest absolute Gasteiger partial charge is 0.277 e. The van der Waals surface area contributed by atoms with Crippen LogP contribution in [0.3, 0.4) is 0 Å². The minimum atomic E-state index is -0.501. The highest BCUT2D eigenvalue weighted by molar-refractivity contribution is 5.99. The van der Waals surface area contributed by atoms with Gasteiger partial charge >= 0.3 is 0 Å². The molecule has 0 saturated carbocycles. The summed E-state index contributed by atoms with van der Waals surface area (Å²) >= 11 is 0. The summed E-state index contributed by atoms with van der Waals surface area (Å²) in [6.45, 7) is 3.55. The Bertz CT molecular complexity index is 752. The molecular formula is C17H17N3O4. The molecule has 124 valence electrons. The Morgan fingerprint density at radius 2 is 1.79 bits per heavy atom. The van der Waals surface area contributed by atoms with E-state index >= 15 is 0 Å². The molecule has 0 heterocycles. The zero-order chi connectivity index (χ0) is 17.5. The number of hydrazone groups is 1. The van der Waals surface area contributed by atoms with Crippen molar-refractivity contribution in [3.63, 3.8) is 0 Å². The van der Waals surface area contributed by atoms with Gasteiger partial charge in [0.1, 0.15) is 5.75 Å². The van der Waals surface area contributed by atoms with Crippen molar-refractivity contribution in [3.05, 3.63) is 69.8 Å². The van der Waals surface area contributed by atoms with Crippen LogP contribution in [0.4, 0.5) is 5.69 Å². The average Bonchev–Trinajstić information content (AvgIpc) is 2.58. The van der Waals surface area contributed by atoms with Crippen LogP contribution < -0.4 is 10.2 Å². The summed E-state index contributed by atoms with van der Waals surface area (Å²) in [5, 5.41) is 14.6. The molecule has 2 aromatic rings. The molecule has 0 spiro atoms. The van der Waals surface area contributed by atoms with Crippen molar-refractivity contribution in [1.82, 2.24) is 5.43 Å². The lowest BCUT2D eigenvalue weighted by Gasteiger charge is -2.06. The van der Waals surface area contributed by atoms with Crippen LogP contribution in [-0.4, -0.2) is 23.1 Å². The van der Waals surface area contributed by atoms with Crippen LogP contribution in [0.1, 0.15) is 18.1 Å².